The average molecular weight is 311 g/mol. The Bertz CT molecular complexity index is 249. The van der Waals surface area contributed by atoms with E-state index in [9.17, 15) is 0 Å². The fraction of sp³-hybridized carbons (Fsp3) is 0.750. The van der Waals surface area contributed by atoms with Crippen molar-refractivity contribution >= 4 is 34.4 Å². The van der Waals surface area contributed by atoms with Gasteiger partial charge in [-0.2, -0.15) is 11.8 Å². The third kappa shape index (κ3) is 3.84. The molecule has 74 valence electrons. The molecule has 0 radical (unpaired) electrons. The molecule has 5 heteroatoms. The number of alkyl halides is 1. The largest absolute Gasteiger partial charge is 0.328 e. The molecule has 0 bridgehead atoms. The average Bonchev–Trinajstić information content (AvgIpc) is 2.53. The van der Waals surface area contributed by atoms with E-state index in [4.69, 9.17) is 0 Å². The predicted molar refractivity (Wildman–Crippen MR) is 65.5 cm³/mol. The summed E-state index contributed by atoms with van der Waals surface area (Å²) in [6, 6.07) is 0. The molecule has 1 N–H and O–H groups in total. The molecule has 0 aliphatic heterocycles. The smallest absolute Gasteiger partial charge is 0.140 e. The van der Waals surface area contributed by atoms with Gasteiger partial charge in [-0.25, -0.2) is 0 Å². The van der Waals surface area contributed by atoms with Crippen LogP contribution in [0.25, 0.3) is 0 Å². The number of hydrogen-bond acceptors (Lipinski definition) is 3. The monoisotopic (exact) mass is 311 g/mol. The maximum atomic E-state index is 4.08. The van der Waals surface area contributed by atoms with Crippen molar-refractivity contribution in [3.05, 3.63) is 11.6 Å². The molecule has 0 atom stereocenters. The van der Waals surface area contributed by atoms with Crippen molar-refractivity contribution < 1.29 is 0 Å². The Balaban J connectivity index is 2.40. The first-order valence-corrected chi connectivity index (χ1v) is 6.97. The van der Waals surface area contributed by atoms with Crippen molar-refractivity contribution in [1.82, 2.24) is 15.2 Å². The number of aromatic amines is 1. The summed E-state index contributed by atoms with van der Waals surface area (Å²) in [7, 11) is 0. The molecule has 3 nitrogen and oxygen atoms in total. The van der Waals surface area contributed by atoms with Gasteiger partial charge in [-0.1, -0.05) is 36.4 Å². The number of nitrogens with one attached hydrogen (secondary N) is 1. The Morgan fingerprint density at radius 1 is 1.46 bits per heavy atom. The second-order valence-corrected chi connectivity index (χ2v) is 5.24. The molecule has 1 aromatic rings. The minimum atomic E-state index is 0.441. The first-order valence-electron chi connectivity index (χ1n) is 4.29. The third-order valence-corrected chi connectivity index (χ3v) is 3.80. The van der Waals surface area contributed by atoms with Gasteiger partial charge in [0.25, 0.3) is 0 Å². The molecule has 0 saturated carbocycles. The highest BCUT2D eigenvalue weighted by atomic mass is 127. The van der Waals surface area contributed by atoms with E-state index in [1.54, 1.807) is 0 Å². The standard InChI is InChI=1S/C8H14IN3S/c1-6(2)8-10-7(11-12-8)5-13-4-3-9/h6H,3-5H2,1-2H3,(H,10,11,12). The zero-order chi connectivity index (χ0) is 9.68. The number of rotatable bonds is 5. The number of hydrogen-bond donors (Lipinski definition) is 1. The van der Waals surface area contributed by atoms with Crippen LogP contribution in [0.3, 0.4) is 0 Å². The van der Waals surface area contributed by atoms with Gasteiger partial charge < -0.3 is 4.98 Å². The van der Waals surface area contributed by atoms with Crippen molar-refractivity contribution in [3.8, 4) is 0 Å². The molecule has 1 heterocycles. The molecule has 13 heavy (non-hydrogen) atoms. The number of H-pyrrole nitrogens is 1. The molecule has 0 spiro atoms. The van der Waals surface area contributed by atoms with E-state index in [-0.39, 0.29) is 0 Å². The lowest BCUT2D eigenvalue weighted by Gasteiger charge is -1.96. The summed E-state index contributed by atoms with van der Waals surface area (Å²) in [5, 5.41) is 8.15. The lowest BCUT2D eigenvalue weighted by molar-refractivity contribution is 0.780. The summed E-state index contributed by atoms with van der Waals surface area (Å²) in [6.45, 7) is 4.23. The van der Waals surface area contributed by atoms with Gasteiger partial charge in [-0.05, 0) is 0 Å². The quantitative estimate of drug-likeness (QED) is 0.516. The summed E-state index contributed by atoms with van der Waals surface area (Å²) in [5.74, 6) is 4.56. The zero-order valence-corrected chi connectivity index (χ0v) is 10.9. The molecule has 0 fully saturated rings. The minimum absolute atomic E-state index is 0.441. The fourth-order valence-corrected chi connectivity index (χ4v) is 2.37. The number of halogens is 1. The highest BCUT2D eigenvalue weighted by molar-refractivity contribution is 14.1. The SMILES string of the molecule is CC(C)c1nnc(CSCCI)[nH]1. The zero-order valence-electron chi connectivity index (χ0n) is 7.88. The Kier molecular flexibility index (Phi) is 5.08. The first kappa shape index (κ1) is 11.3. The van der Waals surface area contributed by atoms with Gasteiger partial charge >= 0.3 is 0 Å². The highest BCUT2D eigenvalue weighted by Crippen LogP contribution is 2.12. The van der Waals surface area contributed by atoms with E-state index in [0.717, 1.165) is 17.4 Å². The summed E-state index contributed by atoms with van der Waals surface area (Å²) >= 11 is 4.27. The Morgan fingerprint density at radius 2 is 2.23 bits per heavy atom. The number of aromatic nitrogens is 3. The fourth-order valence-electron chi connectivity index (χ4n) is 0.860. The second kappa shape index (κ2) is 5.85. The van der Waals surface area contributed by atoms with Crippen LogP contribution >= 0.6 is 34.4 Å². The van der Waals surface area contributed by atoms with Crippen LogP contribution in [0.2, 0.25) is 0 Å². The second-order valence-electron chi connectivity index (χ2n) is 3.05. The Hall–Kier alpha value is 0.220. The molecule has 0 unspecified atom stereocenters. The topological polar surface area (TPSA) is 41.6 Å². The lowest BCUT2D eigenvalue weighted by atomic mass is 10.2. The molecular weight excluding hydrogens is 297 g/mol. The van der Waals surface area contributed by atoms with Gasteiger partial charge in [0, 0.05) is 16.1 Å². The van der Waals surface area contributed by atoms with Crippen LogP contribution in [0.4, 0.5) is 0 Å². The molecule has 0 aromatic carbocycles. The van der Waals surface area contributed by atoms with Crippen LogP contribution in [0.5, 0.6) is 0 Å². The lowest BCUT2D eigenvalue weighted by Crippen LogP contribution is -1.90. The molecule has 1 rings (SSSR count). The van der Waals surface area contributed by atoms with Gasteiger partial charge in [0.2, 0.25) is 0 Å². The van der Waals surface area contributed by atoms with Crippen LogP contribution < -0.4 is 0 Å². The molecular formula is C8H14IN3S. The van der Waals surface area contributed by atoms with Crippen LogP contribution in [0, 0.1) is 0 Å². The summed E-state index contributed by atoms with van der Waals surface area (Å²) in [4.78, 5) is 3.23. The third-order valence-electron chi connectivity index (χ3n) is 1.56. The van der Waals surface area contributed by atoms with Crippen LogP contribution in [-0.4, -0.2) is 25.4 Å². The Labute approximate surface area is 96.6 Å². The molecule has 1 aromatic heterocycles. The van der Waals surface area contributed by atoms with Gasteiger partial charge in [-0.15, -0.1) is 10.2 Å². The first-order chi connectivity index (χ1) is 6.24. The van der Waals surface area contributed by atoms with E-state index >= 15 is 0 Å². The van der Waals surface area contributed by atoms with Crippen molar-refractivity contribution in [2.75, 3.05) is 10.2 Å². The highest BCUT2D eigenvalue weighted by Gasteiger charge is 2.05. The summed E-state index contributed by atoms with van der Waals surface area (Å²) in [6.07, 6.45) is 0. The van der Waals surface area contributed by atoms with E-state index < -0.39 is 0 Å². The van der Waals surface area contributed by atoms with Crippen LogP contribution in [0.1, 0.15) is 31.4 Å². The van der Waals surface area contributed by atoms with Crippen LogP contribution in [0.15, 0.2) is 0 Å². The Morgan fingerprint density at radius 3 is 2.77 bits per heavy atom. The minimum Gasteiger partial charge on any atom is -0.328 e. The van der Waals surface area contributed by atoms with E-state index in [1.165, 1.54) is 10.2 Å². The maximum absolute atomic E-state index is 4.08. The predicted octanol–water partition coefficient (Wildman–Crippen LogP) is 2.60. The van der Waals surface area contributed by atoms with Gasteiger partial charge in [0.1, 0.15) is 11.6 Å². The normalized spacial score (nSPS) is 11.1. The molecule has 0 aliphatic rings. The maximum Gasteiger partial charge on any atom is 0.140 e. The van der Waals surface area contributed by atoms with Crippen molar-refractivity contribution in [2.45, 2.75) is 25.5 Å². The van der Waals surface area contributed by atoms with E-state index in [0.29, 0.717) is 5.92 Å². The number of thioether (sulfide) groups is 1. The van der Waals surface area contributed by atoms with Crippen LogP contribution in [-0.2, 0) is 5.75 Å². The van der Waals surface area contributed by atoms with Gasteiger partial charge in [0.15, 0.2) is 0 Å². The van der Waals surface area contributed by atoms with Crippen molar-refractivity contribution in [2.24, 2.45) is 0 Å². The van der Waals surface area contributed by atoms with Crippen molar-refractivity contribution in [1.29, 1.82) is 0 Å². The van der Waals surface area contributed by atoms with E-state index in [2.05, 4.69) is 51.6 Å². The molecule has 0 amide bonds. The van der Waals surface area contributed by atoms with Crippen molar-refractivity contribution in [3.63, 3.8) is 0 Å². The van der Waals surface area contributed by atoms with E-state index in [1.807, 2.05) is 11.8 Å². The summed E-state index contributed by atoms with van der Waals surface area (Å²) in [5.41, 5.74) is 0. The summed E-state index contributed by atoms with van der Waals surface area (Å²) < 4.78 is 1.19. The number of nitrogens with zero attached hydrogens (tertiary/aromatic N) is 2. The van der Waals surface area contributed by atoms with Gasteiger partial charge in [-0.3, -0.25) is 0 Å². The molecule has 0 saturated heterocycles. The van der Waals surface area contributed by atoms with Gasteiger partial charge in [0.05, 0.1) is 5.75 Å². The molecule has 0 aliphatic carbocycles.